The van der Waals surface area contributed by atoms with E-state index in [0.717, 1.165) is 10.5 Å². The number of benzene rings is 1. The molecule has 60 valence electrons. The molecule has 0 aliphatic carbocycles. The van der Waals surface area contributed by atoms with E-state index in [-0.39, 0.29) is 0 Å². The highest BCUT2D eigenvalue weighted by Gasteiger charge is 2.03. The molecule has 1 nitrogen and oxygen atoms in total. The molecule has 0 unspecified atom stereocenters. The highest BCUT2D eigenvalue weighted by molar-refractivity contribution is 7.80. The third-order valence-electron chi connectivity index (χ3n) is 1.63. The maximum Gasteiger partial charge on any atom is 0.115 e. The van der Waals surface area contributed by atoms with Crippen LogP contribution >= 0.6 is 12.6 Å². The second-order valence-corrected chi connectivity index (χ2v) is 3.38. The lowest BCUT2D eigenvalue weighted by Crippen LogP contribution is -1.88. The van der Waals surface area contributed by atoms with Crippen LogP contribution in [0.2, 0.25) is 0 Å². The maximum absolute atomic E-state index is 9.15. The Morgan fingerprint density at radius 2 is 2.00 bits per heavy atom. The van der Waals surface area contributed by atoms with Crippen LogP contribution in [0.25, 0.3) is 0 Å². The lowest BCUT2D eigenvalue weighted by atomic mass is 10.0. The Hall–Kier alpha value is -0.630. The maximum atomic E-state index is 9.15. The first-order chi connectivity index (χ1) is 5.11. The van der Waals surface area contributed by atoms with Gasteiger partial charge < -0.3 is 5.11 Å². The minimum Gasteiger partial charge on any atom is -0.508 e. The van der Waals surface area contributed by atoms with Crippen molar-refractivity contribution >= 4 is 12.6 Å². The number of thiol groups is 1. The van der Waals surface area contributed by atoms with Crippen LogP contribution in [-0.2, 0) is 0 Å². The summed E-state index contributed by atoms with van der Waals surface area (Å²) in [6.45, 7) is 4.16. The number of hydrogen-bond acceptors (Lipinski definition) is 2. The predicted molar refractivity (Wildman–Crippen MR) is 49.4 cm³/mol. The van der Waals surface area contributed by atoms with E-state index in [2.05, 4.69) is 26.5 Å². The van der Waals surface area contributed by atoms with Crippen LogP contribution in [0, 0.1) is 0 Å². The van der Waals surface area contributed by atoms with Gasteiger partial charge in [-0.3, -0.25) is 0 Å². The molecule has 0 radical (unpaired) electrons. The van der Waals surface area contributed by atoms with Crippen molar-refractivity contribution in [3.8, 4) is 5.75 Å². The molecule has 0 aromatic heterocycles. The molecule has 1 rings (SSSR count). The van der Waals surface area contributed by atoms with E-state index in [1.165, 1.54) is 0 Å². The first-order valence-corrected chi connectivity index (χ1v) is 4.08. The third kappa shape index (κ3) is 1.90. The average molecular weight is 168 g/mol. The summed E-state index contributed by atoms with van der Waals surface area (Å²) in [5.74, 6) is 0.723. The predicted octanol–water partition coefficient (Wildman–Crippen LogP) is 2.80. The van der Waals surface area contributed by atoms with Crippen LogP contribution in [0.15, 0.2) is 23.1 Å². The Morgan fingerprint density at radius 1 is 1.36 bits per heavy atom. The lowest BCUT2D eigenvalue weighted by molar-refractivity contribution is 0.473. The molecule has 0 aliphatic rings. The summed E-state index contributed by atoms with van der Waals surface area (Å²) in [6.07, 6.45) is 0. The molecule has 1 aromatic carbocycles. The molecular formula is C9H12OS. The van der Waals surface area contributed by atoms with Crippen LogP contribution in [0.3, 0.4) is 0 Å². The van der Waals surface area contributed by atoms with Gasteiger partial charge in [-0.05, 0) is 29.7 Å². The van der Waals surface area contributed by atoms with E-state index in [1.807, 2.05) is 6.07 Å². The van der Waals surface area contributed by atoms with Crippen molar-refractivity contribution in [1.29, 1.82) is 0 Å². The summed E-state index contributed by atoms with van der Waals surface area (Å²) >= 11 is 4.27. The van der Waals surface area contributed by atoms with Crippen molar-refractivity contribution in [2.24, 2.45) is 0 Å². The standard InChI is InChI=1S/C9H12OS/c1-6(2)8-5-7(10)3-4-9(8)11/h3-6,10-11H,1-2H3. The number of rotatable bonds is 1. The fourth-order valence-corrected chi connectivity index (χ4v) is 1.40. The van der Waals surface area contributed by atoms with E-state index in [0.29, 0.717) is 11.7 Å². The summed E-state index contributed by atoms with van der Waals surface area (Å²) in [5.41, 5.74) is 1.09. The van der Waals surface area contributed by atoms with Crippen molar-refractivity contribution in [2.75, 3.05) is 0 Å². The molecule has 0 saturated carbocycles. The van der Waals surface area contributed by atoms with Crippen LogP contribution < -0.4 is 0 Å². The first kappa shape index (κ1) is 8.47. The van der Waals surface area contributed by atoms with Crippen molar-refractivity contribution in [3.05, 3.63) is 23.8 Å². The molecule has 0 amide bonds. The zero-order valence-corrected chi connectivity index (χ0v) is 7.60. The lowest BCUT2D eigenvalue weighted by Gasteiger charge is -2.08. The van der Waals surface area contributed by atoms with Gasteiger partial charge in [0.05, 0.1) is 0 Å². The summed E-state index contributed by atoms with van der Waals surface area (Å²) in [4.78, 5) is 0.942. The van der Waals surface area contributed by atoms with Gasteiger partial charge in [-0.25, -0.2) is 0 Å². The quantitative estimate of drug-likeness (QED) is 0.618. The minimum atomic E-state index is 0.312. The van der Waals surface area contributed by atoms with Crippen LogP contribution in [0.4, 0.5) is 0 Å². The highest BCUT2D eigenvalue weighted by Crippen LogP contribution is 2.25. The average Bonchev–Trinajstić information content (AvgIpc) is 1.94. The van der Waals surface area contributed by atoms with Crippen molar-refractivity contribution in [3.63, 3.8) is 0 Å². The molecule has 0 aliphatic heterocycles. The van der Waals surface area contributed by atoms with Gasteiger partial charge in [0.1, 0.15) is 5.75 Å². The topological polar surface area (TPSA) is 20.2 Å². The number of phenols is 1. The van der Waals surface area contributed by atoms with Gasteiger partial charge >= 0.3 is 0 Å². The molecule has 1 N–H and O–H groups in total. The minimum absolute atomic E-state index is 0.312. The second kappa shape index (κ2) is 3.18. The van der Waals surface area contributed by atoms with E-state index >= 15 is 0 Å². The highest BCUT2D eigenvalue weighted by atomic mass is 32.1. The molecule has 0 heterocycles. The first-order valence-electron chi connectivity index (χ1n) is 3.63. The van der Waals surface area contributed by atoms with Crippen LogP contribution in [0.5, 0.6) is 5.75 Å². The zero-order valence-electron chi connectivity index (χ0n) is 6.70. The molecule has 2 heteroatoms. The van der Waals surface area contributed by atoms with Crippen molar-refractivity contribution in [1.82, 2.24) is 0 Å². The van der Waals surface area contributed by atoms with Crippen molar-refractivity contribution < 1.29 is 5.11 Å². The Kier molecular flexibility index (Phi) is 2.45. The SMILES string of the molecule is CC(C)c1cc(O)ccc1S. The second-order valence-electron chi connectivity index (χ2n) is 2.90. The summed E-state index contributed by atoms with van der Waals surface area (Å²) < 4.78 is 0. The Labute approximate surface area is 72.5 Å². The Morgan fingerprint density at radius 3 is 2.45 bits per heavy atom. The van der Waals surface area contributed by atoms with Gasteiger partial charge in [-0.2, -0.15) is 0 Å². The van der Waals surface area contributed by atoms with Gasteiger partial charge in [0.15, 0.2) is 0 Å². The number of aromatic hydroxyl groups is 1. The molecule has 1 aromatic rings. The van der Waals surface area contributed by atoms with Gasteiger partial charge in [0.25, 0.3) is 0 Å². The zero-order chi connectivity index (χ0) is 8.43. The Bertz CT molecular complexity index is 256. The fourth-order valence-electron chi connectivity index (χ4n) is 1.00. The summed E-state index contributed by atoms with van der Waals surface area (Å²) in [7, 11) is 0. The monoisotopic (exact) mass is 168 g/mol. The molecule has 11 heavy (non-hydrogen) atoms. The van der Waals surface area contributed by atoms with Gasteiger partial charge in [-0.1, -0.05) is 13.8 Å². The van der Waals surface area contributed by atoms with Crippen molar-refractivity contribution in [2.45, 2.75) is 24.7 Å². The largest absolute Gasteiger partial charge is 0.508 e. The molecular weight excluding hydrogens is 156 g/mol. The number of phenolic OH excluding ortho intramolecular Hbond substituents is 1. The molecule has 0 atom stereocenters. The Balaban J connectivity index is 3.13. The normalized spacial score (nSPS) is 10.5. The molecule has 0 bridgehead atoms. The van der Waals surface area contributed by atoms with E-state index in [9.17, 15) is 0 Å². The van der Waals surface area contributed by atoms with E-state index in [1.54, 1.807) is 12.1 Å². The molecule has 0 spiro atoms. The van der Waals surface area contributed by atoms with Gasteiger partial charge in [0, 0.05) is 4.90 Å². The molecule has 0 saturated heterocycles. The smallest absolute Gasteiger partial charge is 0.115 e. The van der Waals surface area contributed by atoms with E-state index < -0.39 is 0 Å². The van der Waals surface area contributed by atoms with Gasteiger partial charge in [0.2, 0.25) is 0 Å². The summed E-state index contributed by atoms with van der Waals surface area (Å²) in [6, 6.07) is 5.22. The third-order valence-corrected chi connectivity index (χ3v) is 2.04. The van der Waals surface area contributed by atoms with Gasteiger partial charge in [-0.15, -0.1) is 12.6 Å². The van der Waals surface area contributed by atoms with Crippen LogP contribution in [0.1, 0.15) is 25.3 Å². The summed E-state index contributed by atoms with van der Waals surface area (Å²) in [5, 5.41) is 9.15. The van der Waals surface area contributed by atoms with Crippen LogP contribution in [-0.4, -0.2) is 5.11 Å². The molecule has 0 fully saturated rings. The van der Waals surface area contributed by atoms with E-state index in [4.69, 9.17) is 5.11 Å². The number of hydrogen-bond donors (Lipinski definition) is 2. The fraction of sp³-hybridized carbons (Fsp3) is 0.333.